The lowest BCUT2D eigenvalue weighted by Gasteiger charge is -2.28. The van der Waals surface area contributed by atoms with E-state index in [1.807, 2.05) is 24.3 Å². The van der Waals surface area contributed by atoms with Crippen LogP contribution in [-0.4, -0.2) is 28.8 Å². The molecular weight excluding hydrogens is 444 g/mol. The second kappa shape index (κ2) is 9.26. The van der Waals surface area contributed by atoms with Gasteiger partial charge in [-0.3, -0.25) is 9.59 Å². The minimum Gasteiger partial charge on any atom is -0.372 e. The van der Waals surface area contributed by atoms with E-state index in [4.69, 9.17) is 0 Å². The number of piperidine rings is 1. The lowest BCUT2D eigenvalue weighted by molar-refractivity contribution is -0.117. The molecule has 1 aliphatic heterocycles. The summed E-state index contributed by atoms with van der Waals surface area (Å²) in [4.78, 5) is 27.0. The molecule has 2 heterocycles. The molecule has 1 N–H and O–H groups in total. The zero-order chi connectivity index (χ0) is 20.9. The molecule has 0 spiro atoms. The summed E-state index contributed by atoms with van der Waals surface area (Å²) in [5, 5.41) is 7.19. The highest BCUT2D eigenvalue weighted by Gasteiger charge is 2.12. The van der Waals surface area contributed by atoms with Gasteiger partial charge in [-0.25, -0.2) is 4.68 Å². The van der Waals surface area contributed by atoms with Crippen LogP contribution in [0.5, 0.6) is 0 Å². The highest BCUT2D eigenvalue weighted by atomic mass is 79.9. The second-order valence-electron chi connectivity index (χ2n) is 7.36. The second-order valence-corrected chi connectivity index (χ2v) is 8.28. The van der Waals surface area contributed by atoms with Gasteiger partial charge < -0.3 is 10.2 Å². The first-order chi connectivity index (χ1) is 14.6. The molecule has 1 saturated heterocycles. The van der Waals surface area contributed by atoms with Crippen molar-refractivity contribution < 1.29 is 4.79 Å². The topological polar surface area (TPSA) is 67.2 Å². The fraction of sp³-hybridized carbons (Fsp3) is 0.261. The number of aromatic nitrogens is 2. The predicted octanol–water partition coefficient (Wildman–Crippen LogP) is 4.30. The number of carbonyl (C=O) groups excluding carboxylic acids is 1. The maximum atomic E-state index is 12.4. The maximum Gasteiger partial charge on any atom is 0.267 e. The average molecular weight is 467 g/mol. The number of hydrogen-bond donors (Lipinski definition) is 1. The molecule has 1 aliphatic rings. The quantitative estimate of drug-likeness (QED) is 0.608. The molecule has 7 heteroatoms. The number of carbonyl (C=O) groups is 1. The number of nitrogens with one attached hydrogen (secondary N) is 1. The third-order valence-electron chi connectivity index (χ3n) is 5.17. The van der Waals surface area contributed by atoms with Crippen molar-refractivity contribution in [1.29, 1.82) is 0 Å². The van der Waals surface area contributed by atoms with Crippen LogP contribution in [-0.2, 0) is 11.3 Å². The van der Waals surface area contributed by atoms with Gasteiger partial charge in [0.15, 0.2) is 0 Å². The zero-order valence-corrected chi connectivity index (χ0v) is 18.1. The van der Waals surface area contributed by atoms with Crippen LogP contribution < -0.4 is 15.8 Å². The Labute approximate surface area is 183 Å². The Morgan fingerprint density at radius 3 is 2.33 bits per heavy atom. The van der Waals surface area contributed by atoms with E-state index >= 15 is 0 Å². The standard InChI is InChI=1S/C23H23BrN4O2/c24-18-6-8-19(9-7-18)25-22(29)16-28-23(30)13-12-21(26-28)17-4-10-20(11-5-17)27-14-2-1-3-15-27/h4-13H,1-3,14-16H2,(H,25,29). The lowest BCUT2D eigenvalue weighted by Crippen LogP contribution is -2.29. The van der Waals surface area contributed by atoms with Crippen molar-refractivity contribution in [3.8, 4) is 11.3 Å². The van der Waals surface area contributed by atoms with E-state index in [1.54, 1.807) is 18.2 Å². The maximum absolute atomic E-state index is 12.4. The number of nitrogens with zero attached hydrogens (tertiary/aromatic N) is 3. The largest absolute Gasteiger partial charge is 0.372 e. The fourth-order valence-electron chi connectivity index (χ4n) is 3.58. The van der Waals surface area contributed by atoms with Crippen LogP contribution >= 0.6 is 15.9 Å². The Hall–Kier alpha value is -2.93. The van der Waals surface area contributed by atoms with Gasteiger partial charge in [0, 0.05) is 40.6 Å². The van der Waals surface area contributed by atoms with E-state index in [1.165, 1.54) is 35.7 Å². The van der Waals surface area contributed by atoms with E-state index in [2.05, 4.69) is 43.4 Å². The SMILES string of the molecule is O=C(Cn1nc(-c2ccc(N3CCCCC3)cc2)ccc1=O)Nc1ccc(Br)cc1. The number of hydrogen-bond acceptors (Lipinski definition) is 4. The Morgan fingerprint density at radius 2 is 1.63 bits per heavy atom. The molecule has 6 nitrogen and oxygen atoms in total. The summed E-state index contributed by atoms with van der Waals surface area (Å²) < 4.78 is 2.12. The Balaban J connectivity index is 1.47. The molecule has 0 radical (unpaired) electrons. The van der Waals surface area contributed by atoms with Crippen molar-refractivity contribution in [3.05, 3.63) is 75.5 Å². The van der Waals surface area contributed by atoms with Crippen LogP contribution in [0.3, 0.4) is 0 Å². The van der Waals surface area contributed by atoms with Crippen molar-refractivity contribution in [2.75, 3.05) is 23.3 Å². The molecule has 0 bridgehead atoms. The predicted molar refractivity (Wildman–Crippen MR) is 123 cm³/mol. The Bertz CT molecular complexity index is 1070. The molecule has 2 aromatic carbocycles. The molecule has 0 aliphatic carbocycles. The molecule has 0 atom stereocenters. The van der Waals surface area contributed by atoms with E-state index in [-0.39, 0.29) is 18.0 Å². The zero-order valence-electron chi connectivity index (χ0n) is 16.6. The third-order valence-corrected chi connectivity index (χ3v) is 5.70. The Kier molecular flexibility index (Phi) is 6.28. The third kappa shape index (κ3) is 4.97. The van der Waals surface area contributed by atoms with Gasteiger partial charge in [0.05, 0.1) is 5.69 Å². The summed E-state index contributed by atoms with van der Waals surface area (Å²) in [6, 6.07) is 18.6. The average Bonchev–Trinajstić information content (AvgIpc) is 2.78. The first kappa shape index (κ1) is 20.3. The van der Waals surface area contributed by atoms with Crippen molar-refractivity contribution in [3.63, 3.8) is 0 Å². The van der Waals surface area contributed by atoms with Crippen LogP contribution in [0.2, 0.25) is 0 Å². The summed E-state index contributed by atoms with van der Waals surface area (Å²) in [6.07, 6.45) is 3.77. The highest BCUT2D eigenvalue weighted by Crippen LogP contribution is 2.23. The van der Waals surface area contributed by atoms with Crippen molar-refractivity contribution in [2.24, 2.45) is 0 Å². The minimum atomic E-state index is -0.311. The van der Waals surface area contributed by atoms with E-state index < -0.39 is 0 Å². The van der Waals surface area contributed by atoms with Crippen molar-refractivity contribution in [2.45, 2.75) is 25.8 Å². The highest BCUT2D eigenvalue weighted by molar-refractivity contribution is 9.10. The normalized spacial score (nSPS) is 13.8. The molecular formula is C23H23BrN4O2. The molecule has 1 aromatic heterocycles. The van der Waals surface area contributed by atoms with E-state index in [0.29, 0.717) is 11.4 Å². The van der Waals surface area contributed by atoms with Crippen LogP contribution in [0.15, 0.2) is 69.9 Å². The summed E-state index contributed by atoms with van der Waals surface area (Å²) >= 11 is 3.36. The first-order valence-electron chi connectivity index (χ1n) is 10.1. The van der Waals surface area contributed by atoms with Crippen LogP contribution in [0.4, 0.5) is 11.4 Å². The molecule has 3 aromatic rings. The monoisotopic (exact) mass is 466 g/mol. The van der Waals surface area contributed by atoms with Gasteiger partial charge in [-0.15, -0.1) is 0 Å². The molecule has 4 rings (SSSR count). The molecule has 0 unspecified atom stereocenters. The van der Waals surface area contributed by atoms with E-state index in [9.17, 15) is 9.59 Å². The summed E-state index contributed by atoms with van der Waals surface area (Å²) in [6.45, 7) is 2.04. The van der Waals surface area contributed by atoms with E-state index in [0.717, 1.165) is 23.1 Å². The molecule has 154 valence electrons. The number of halogens is 1. The van der Waals surface area contributed by atoms with Gasteiger partial charge in [-0.1, -0.05) is 28.1 Å². The summed E-state index contributed by atoms with van der Waals surface area (Å²) in [7, 11) is 0. The molecule has 0 saturated carbocycles. The first-order valence-corrected chi connectivity index (χ1v) is 10.9. The fourth-order valence-corrected chi connectivity index (χ4v) is 3.85. The van der Waals surface area contributed by atoms with Gasteiger partial charge in [-0.2, -0.15) is 5.10 Å². The van der Waals surface area contributed by atoms with Crippen LogP contribution in [0.25, 0.3) is 11.3 Å². The molecule has 30 heavy (non-hydrogen) atoms. The summed E-state index contributed by atoms with van der Waals surface area (Å²) in [5.74, 6) is -0.301. The minimum absolute atomic E-state index is 0.144. The smallest absolute Gasteiger partial charge is 0.267 e. The van der Waals surface area contributed by atoms with Gasteiger partial charge in [0.25, 0.3) is 5.56 Å². The van der Waals surface area contributed by atoms with Crippen molar-refractivity contribution in [1.82, 2.24) is 9.78 Å². The number of benzene rings is 2. The number of anilines is 2. The van der Waals surface area contributed by atoms with Crippen molar-refractivity contribution >= 4 is 33.2 Å². The van der Waals surface area contributed by atoms with Gasteiger partial charge in [0.2, 0.25) is 5.91 Å². The van der Waals surface area contributed by atoms with Crippen LogP contribution in [0.1, 0.15) is 19.3 Å². The van der Waals surface area contributed by atoms with Gasteiger partial charge in [0.1, 0.15) is 6.54 Å². The number of amides is 1. The summed E-state index contributed by atoms with van der Waals surface area (Å²) in [5.41, 5.74) is 3.14. The van der Waals surface area contributed by atoms with Gasteiger partial charge >= 0.3 is 0 Å². The van der Waals surface area contributed by atoms with Gasteiger partial charge in [-0.05, 0) is 61.7 Å². The number of rotatable bonds is 5. The molecule has 1 amide bonds. The molecule has 1 fully saturated rings. The van der Waals surface area contributed by atoms with Crippen LogP contribution in [0, 0.1) is 0 Å². The lowest BCUT2D eigenvalue weighted by atomic mass is 10.1. The Morgan fingerprint density at radius 1 is 0.933 bits per heavy atom.